The third-order valence-electron chi connectivity index (χ3n) is 3.55. The minimum absolute atomic E-state index is 0.0516. The van der Waals surface area contributed by atoms with Crippen molar-refractivity contribution >= 4 is 5.82 Å². The SMILES string of the molecule is CCc1nc(N2CCCC2CNC(C)C)cc(=O)[nH]1. The van der Waals surface area contributed by atoms with Crippen molar-refractivity contribution in [2.75, 3.05) is 18.0 Å². The van der Waals surface area contributed by atoms with Crippen LogP contribution in [-0.2, 0) is 6.42 Å². The van der Waals surface area contributed by atoms with E-state index < -0.39 is 0 Å². The molecule has 2 heterocycles. The first kappa shape index (κ1) is 14.1. The molecule has 2 rings (SSSR count). The number of hydrogen-bond donors (Lipinski definition) is 2. The van der Waals surface area contributed by atoms with Gasteiger partial charge in [0.25, 0.3) is 5.56 Å². The minimum Gasteiger partial charge on any atom is -0.352 e. The van der Waals surface area contributed by atoms with Gasteiger partial charge in [0.05, 0.1) is 0 Å². The Kier molecular flexibility index (Phi) is 4.58. The second kappa shape index (κ2) is 6.19. The minimum atomic E-state index is -0.0516. The van der Waals surface area contributed by atoms with E-state index >= 15 is 0 Å². The fourth-order valence-electron chi connectivity index (χ4n) is 2.53. The van der Waals surface area contributed by atoms with Crippen molar-refractivity contribution in [2.24, 2.45) is 0 Å². The number of aromatic amines is 1. The zero-order valence-corrected chi connectivity index (χ0v) is 12.1. The first-order valence-electron chi connectivity index (χ1n) is 7.20. The van der Waals surface area contributed by atoms with Gasteiger partial charge in [-0.05, 0) is 12.8 Å². The van der Waals surface area contributed by atoms with Crippen LogP contribution in [0.2, 0.25) is 0 Å². The molecule has 1 atom stereocenters. The molecule has 1 saturated heterocycles. The van der Waals surface area contributed by atoms with Crippen LogP contribution in [0.5, 0.6) is 0 Å². The third-order valence-corrected chi connectivity index (χ3v) is 3.55. The van der Waals surface area contributed by atoms with Crippen molar-refractivity contribution in [1.29, 1.82) is 0 Å². The summed E-state index contributed by atoms with van der Waals surface area (Å²) >= 11 is 0. The van der Waals surface area contributed by atoms with Gasteiger partial charge in [0.2, 0.25) is 0 Å². The monoisotopic (exact) mass is 264 g/mol. The Balaban J connectivity index is 2.15. The summed E-state index contributed by atoms with van der Waals surface area (Å²) in [6.45, 7) is 8.25. The first-order chi connectivity index (χ1) is 9.10. The number of aryl methyl sites for hydroxylation is 1. The Morgan fingerprint density at radius 2 is 2.37 bits per heavy atom. The molecule has 1 unspecified atom stereocenters. The van der Waals surface area contributed by atoms with E-state index in [9.17, 15) is 4.79 Å². The van der Waals surface area contributed by atoms with Crippen molar-refractivity contribution in [2.45, 2.75) is 52.1 Å². The van der Waals surface area contributed by atoms with E-state index in [0.29, 0.717) is 12.1 Å². The van der Waals surface area contributed by atoms with Crippen molar-refractivity contribution in [3.8, 4) is 0 Å². The second-order valence-electron chi connectivity index (χ2n) is 5.46. The largest absolute Gasteiger partial charge is 0.352 e. The van der Waals surface area contributed by atoms with Gasteiger partial charge < -0.3 is 15.2 Å². The normalized spacial score (nSPS) is 19.4. The molecule has 106 valence electrons. The molecule has 0 radical (unpaired) electrons. The number of nitrogens with one attached hydrogen (secondary N) is 2. The van der Waals surface area contributed by atoms with Crippen LogP contribution in [0.4, 0.5) is 5.82 Å². The van der Waals surface area contributed by atoms with Gasteiger partial charge in [0, 0.05) is 37.7 Å². The van der Waals surface area contributed by atoms with E-state index in [0.717, 1.165) is 37.6 Å². The molecule has 1 aromatic rings. The fraction of sp³-hybridized carbons (Fsp3) is 0.714. The van der Waals surface area contributed by atoms with E-state index in [2.05, 4.69) is 34.0 Å². The predicted octanol–water partition coefficient (Wildman–Crippen LogP) is 1.30. The van der Waals surface area contributed by atoms with E-state index in [-0.39, 0.29) is 5.56 Å². The van der Waals surface area contributed by atoms with Gasteiger partial charge in [-0.2, -0.15) is 0 Å². The lowest BCUT2D eigenvalue weighted by atomic mass is 10.2. The molecule has 0 aliphatic carbocycles. The van der Waals surface area contributed by atoms with Crippen LogP contribution in [0.15, 0.2) is 10.9 Å². The first-order valence-corrected chi connectivity index (χ1v) is 7.20. The molecule has 2 N–H and O–H groups in total. The lowest BCUT2D eigenvalue weighted by molar-refractivity contribution is 0.522. The van der Waals surface area contributed by atoms with Crippen molar-refractivity contribution in [3.05, 3.63) is 22.2 Å². The molecule has 1 aromatic heterocycles. The molecule has 1 fully saturated rings. The third kappa shape index (κ3) is 3.56. The van der Waals surface area contributed by atoms with Crippen LogP contribution < -0.4 is 15.8 Å². The van der Waals surface area contributed by atoms with Crippen LogP contribution in [0.1, 0.15) is 39.4 Å². The highest BCUT2D eigenvalue weighted by molar-refractivity contribution is 5.40. The second-order valence-corrected chi connectivity index (χ2v) is 5.46. The Hall–Kier alpha value is -1.36. The Morgan fingerprint density at radius 1 is 1.58 bits per heavy atom. The molecule has 0 aromatic carbocycles. The fourth-order valence-corrected chi connectivity index (χ4v) is 2.53. The molecule has 0 bridgehead atoms. The van der Waals surface area contributed by atoms with Gasteiger partial charge in [-0.15, -0.1) is 0 Å². The van der Waals surface area contributed by atoms with Crippen molar-refractivity contribution in [1.82, 2.24) is 15.3 Å². The zero-order chi connectivity index (χ0) is 13.8. The number of H-pyrrole nitrogens is 1. The summed E-state index contributed by atoms with van der Waals surface area (Å²) in [6.07, 6.45) is 3.09. The van der Waals surface area contributed by atoms with Crippen LogP contribution in [-0.4, -0.2) is 35.1 Å². The quantitative estimate of drug-likeness (QED) is 0.841. The maximum absolute atomic E-state index is 11.7. The van der Waals surface area contributed by atoms with E-state index in [1.807, 2.05) is 6.92 Å². The summed E-state index contributed by atoms with van der Waals surface area (Å²) in [7, 11) is 0. The topological polar surface area (TPSA) is 61.0 Å². The number of anilines is 1. The van der Waals surface area contributed by atoms with E-state index in [1.165, 1.54) is 6.42 Å². The van der Waals surface area contributed by atoms with Crippen molar-refractivity contribution in [3.63, 3.8) is 0 Å². The lowest BCUT2D eigenvalue weighted by Crippen LogP contribution is -2.41. The summed E-state index contributed by atoms with van der Waals surface area (Å²) in [6, 6.07) is 2.55. The summed E-state index contributed by atoms with van der Waals surface area (Å²) in [5, 5.41) is 3.47. The maximum atomic E-state index is 11.7. The van der Waals surface area contributed by atoms with Crippen LogP contribution >= 0.6 is 0 Å². The van der Waals surface area contributed by atoms with Gasteiger partial charge >= 0.3 is 0 Å². The van der Waals surface area contributed by atoms with E-state index in [1.54, 1.807) is 6.07 Å². The van der Waals surface area contributed by atoms with Crippen LogP contribution in [0, 0.1) is 0 Å². The summed E-state index contributed by atoms with van der Waals surface area (Å²) in [5.41, 5.74) is -0.0516. The number of rotatable bonds is 5. The molecular formula is C14H24N4O. The van der Waals surface area contributed by atoms with Gasteiger partial charge in [-0.3, -0.25) is 4.79 Å². The van der Waals surface area contributed by atoms with Crippen molar-refractivity contribution < 1.29 is 0 Å². The van der Waals surface area contributed by atoms with Crippen LogP contribution in [0.3, 0.4) is 0 Å². The highest BCUT2D eigenvalue weighted by atomic mass is 16.1. The number of aromatic nitrogens is 2. The van der Waals surface area contributed by atoms with Gasteiger partial charge in [0.15, 0.2) is 0 Å². The van der Waals surface area contributed by atoms with E-state index in [4.69, 9.17) is 0 Å². The molecule has 5 nitrogen and oxygen atoms in total. The highest BCUT2D eigenvalue weighted by Gasteiger charge is 2.26. The molecule has 1 aliphatic heterocycles. The molecule has 0 spiro atoms. The zero-order valence-electron chi connectivity index (χ0n) is 12.1. The van der Waals surface area contributed by atoms with Crippen LogP contribution in [0.25, 0.3) is 0 Å². The van der Waals surface area contributed by atoms with Gasteiger partial charge in [-0.25, -0.2) is 4.98 Å². The molecular weight excluding hydrogens is 240 g/mol. The lowest BCUT2D eigenvalue weighted by Gasteiger charge is -2.26. The van der Waals surface area contributed by atoms with Gasteiger partial charge in [0.1, 0.15) is 11.6 Å². The summed E-state index contributed by atoms with van der Waals surface area (Å²) < 4.78 is 0. The summed E-state index contributed by atoms with van der Waals surface area (Å²) in [4.78, 5) is 21.3. The predicted molar refractivity (Wildman–Crippen MR) is 77.7 cm³/mol. The smallest absolute Gasteiger partial charge is 0.252 e. The molecule has 19 heavy (non-hydrogen) atoms. The number of nitrogens with zero attached hydrogens (tertiary/aromatic N) is 2. The Bertz CT molecular complexity index is 469. The Morgan fingerprint density at radius 3 is 3.05 bits per heavy atom. The molecule has 1 aliphatic rings. The molecule has 5 heteroatoms. The Labute approximate surface area is 114 Å². The van der Waals surface area contributed by atoms with Gasteiger partial charge in [-0.1, -0.05) is 20.8 Å². The molecule has 0 amide bonds. The number of hydrogen-bond acceptors (Lipinski definition) is 4. The highest BCUT2D eigenvalue weighted by Crippen LogP contribution is 2.22. The summed E-state index contributed by atoms with van der Waals surface area (Å²) in [5.74, 6) is 1.60. The standard InChI is InChI=1S/C14H24N4O/c1-4-12-16-13(8-14(19)17-12)18-7-5-6-11(18)9-15-10(2)3/h8,10-11,15H,4-7,9H2,1-3H3,(H,16,17,19). The average Bonchev–Trinajstić information content (AvgIpc) is 2.83. The average molecular weight is 264 g/mol. The molecule has 0 saturated carbocycles. The maximum Gasteiger partial charge on any atom is 0.252 e.